The van der Waals surface area contributed by atoms with Gasteiger partial charge in [0.1, 0.15) is 21.8 Å². The molecule has 0 aromatic carbocycles. The second kappa shape index (κ2) is 4.13. The third-order valence-corrected chi connectivity index (χ3v) is 1.94. The number of hydrogen-bond acceptors (Lipinski definition) is 3. The van der Waals surface area contributed by atoms with E-state index in [1.165, 1.54) is 6.07 Å². The van der Waals surface area contributed by atoms with Gasteiger partial charge >= 0.3 is 6.36 Å². The largest absolute Gasteiger partial charge is 0.573 e. The molecular formula is C7HCl2F3N2O. The summed E-state index contributed by atoms with van der Waals surface area (Å²) >= 11 is 10.9. The summed E-state index contributed by atoms with van der Waals surface area (Å²) in [5.74, 6) is -0.759. The summed E-state index contributed by atoms with van der Waals surface area (Å²) in [5, 5.41) is 7.73. The minimum atomic E-state index is -4.90. The third kappa shape index (κ3) is 2.88. The van der Waals surface area contributed by atoms with Crippen LogP contribution in [0, 0.1) is 11.3 Å². The molecule has 0 spiro atoms. The van der Waals surface area contributed by atoms with E-state index in [0.717, 1.165) is 0 Å². The van der Waals surface area contributed by atoms with Crippen LogP contribution in [0.2, 0.25) is 10.2 Å². The highest BCUT2D eigenvalue weighted by atomic mass is 35.5. The second-order valence-corrected chi connectivity index (χ2v) is 3.00. The van der Waals surface area contributed by atoms with Crippen molar-refractivity contribution >= 4 is 23.2 Å². The van der Waals surface area contributed by atoms with E-state index in [1.54, 1.807) is 0 Å². The van der Waals surface area contributed by atoms with Gasteiger partial charge in [0.15, 0.2) is 5.75 Å². The molecule has 1 aromatic heterocycles. The third-order valence-electron chi connectivity index (χ3n) is 1.27. The fourth-order valence-electron chi connectivity index (χ4n) is 0.741. The van der Waals surface area contributed by atoms with Crippen LogP contribution in [0.1, 0.15) is 5.56 Å². The van der Waals surface area contributed by atoms with Crippen molar-refractivity contribution in [3.05, 3.63) is 21.9 Å². The Morgan fingerprint density at radius 3 is 2.47 bits per heavy atom. The number of hydrogen-bond donors (Lipinski definition) is 0. The second-order valence-electron chi connectivity index (χ2n) is 2.26. The van der Waals surface area contributed by atoms with Gasteiger partial charge in [0.05, 0.1) is 6.20 Å². The SMILES string of the molecule is N#Cc1c(Cl)ncc(OC(F)(F)F)c1Cl. The average molecular weight is 257 g/mol. The summed E-state index contributed by atoms with van der Waals surface area (Å²) in [6.07, 6.45) is -4.20. The lowest BCUT2D eigenvalue weighted by Crippen LogP contribution is -2.17. The zero-order chi connectivity index (χ0) is 11.6. The lowest BCUT2D eigenvalue weighted by molar-refractivity contribution is -0.274. The van der Waals surface area contributed by atoms with Gasteiger partial charge in [-0.3, -0.25) is 0 Å². The molecule has 0 saturated carbocycles. The van der Waals surface area contributed by atoms with E-state index in [-0.39, 0.29) is 10.7 Å². The summed E-state index contributed by atoms with van der Waals surface area (Å²) < 4.78 is 39.0. The molecule has 0 bridgehead atoms. The van der Waals surface area contributed by atoms with Gasteiger partial charge in [-0.05, 0) is 0 Å². The lowest BCUT2D eigenvalue weighted by Gasteiger charge is -2.10. The Kier molecular flexibility index (Phi) is 3.27. The monoisotopic (exact) mass is 256 g/mol. The Morgan fingerprint density at radius 1 is 1.40 bits per heavy atom. The molecule has 80 valence electrons. The molecule has 0 radical (unpaired) electrons. The highest BCUT2D eigenvalue weighted by Crippen LogP contribution is 2.34. The lowest BCUT2D eigenvalue weighted by atomic mass is 10.3. The molecule has 0 amide bonds. The van der Waals surface area contributed by atoms with Crippen molar-refractivity contribution in [3.63, 3.8) is 0 Å². The standard InChI is InChI=1S/C7HCl2F3N2O/c8-5-3(1-13)6(9)14-2-4(5)15-7(10,11)12/h2H. The maximum atomic E-state index is 11.8. The van der Waals surface area contributed by atoms with Crippen LogP contribution in [0.4, 0.5) is 13.2 Å². The Labute approximate surface area is 92.0 Å². The van der Waals surface area contributed by atoms with Crippen LogP contribution < -0.4 is 4.74 Å². The molecule has 0 N–H and O–H groups in total. The normalized spacial score (nSPS) is 10.9. The first kappa shape index (κ1) is 11.9. The van der Waals surface area contributed by atoms with E-state index in [0.29, 0.717) is 6.20 Å². The Bertz CT molecular complexity index is 427. The van der Waals surface area contributed by atoms with Gasteiger partial charge in [-0.15, -0.1) is 13.2 Å². The summed E-state index contributed by atoms with van der Waals surface area (Å²) in [6, 6.07) is 1.52. The molecule has 15 heavy (non-hydrogen) atoms. The van der Waals surface area contributed by atoms with Gasteiger partial charge < -0.3 is 4.74 Å². The van der Waals surface area contributed by atoms with Crippen LogP contribution in [0.25, 0.3) is 0 Å². The zero-order valence-corrected chi connectivity index (χ0v) is 8.28. The Morgan fingerprint density at radius 2 is 2.00 bits per heavy atom. The number of halogens is 5. The van der Waals surface area contributed by atoms with Crippen molar-refractivity contribution in [3.8, 4) is 11.8 Å². The fraction of sp³-hybridized carbons (Fsp3) is 0.143. The molecule has 8 heteroatoms. The number of nitriles is 1. The van der Waals surface area contributed by atoms with Crippen molar-refractivity contribution in [2.45, 2.75) is 6.36 Å². The first-order chi connectivity index (χ1) is 6.85. The van der Waals surface area contributed by atoms with Crippen LogP contribution in [0.3, 0.4) is 0 Å². The van der Waals surface area contributed by atoms with Gasteiger partial charge in [-0.25, -0.2) is 4.98 Å². The maximum Gasteiger partial charge on any atom is 0.573 e. The van der Waals surface area contributed by atoms with Gasteiger partial charge in [-0.2, -0.15) is 5.26 Å². The molecule has 0 saturated heterocycles. The number of alkyl halides is 3. The number of aromatic nitrogens is 1. The molecule has 1 rings (SSSR count). The first-order valence-electron chi connectivity index (χ1n) is 3.35. The van der Waals surface area contributed by atoms with Crippen molar-refractivity contribution in [2.24, 2.45) is 0 Å². The van der Waals surface area contributed by atoms with Crippen LogP contribution in [0.15, 0.2) is 6.20 Å². The van der Waals surface area contributed by atoms with Gasteiger partial charge in [0, 0.05) is 0 Å². The van der Waals surface area contributed by atoms with Crippen molar-refractivity contribution in [1.29, 1.82) is 5.26 Å². The fourth-order valence-corrected chi connectivity index (χ4v) is 1.19. The molecule has 1 heterocycles. The van der Waals surface area contributed by atoms with Crippen LogP contribution in [-0.4, -0.2) is 11.3 Å². The molecule has 0 unspecified atom stereocenters. The minimum Gasteiger partial charge on any atom is -0.402 e. The highest BCUT2D eigenvalue weighted by Gasteiger charge is 2.33. The zero-order valence-electron chi connectivity index (χ0n) is 6.77. The van der Waals surface area contributed by atoms with Crippen molar-refractivity contribution < 1.29 is 17.9 Å². The molecule has 0 atom stereocenters. The van der Waals surface area contributed by atoms with E-state index in [1.807, 2.05) is 0 Å². The van der Waals surface area contributed by atoms with E-state index in [9.17, 15) is 13.2 Å². The number of nitrogens with zero attached hydrogens (tertiary/aromatic N) is 2. The molecule has 0 fully saturated rings. The predicted octanol–water partition coefficient (Wildman–Crippen LogP) is 3.16. The van der Waals surface area contributed by atoms with E-state index < -0.39 is 17.1 Å². The number of rotatable bonds is 1. The number of pyridine rings is 1. The van der Waals surface area contributed by atoms with Crippen LogP contribution in [-0.2, 0) is 0 Å². The van der Waals surface area contributed by atoms with E-state index in [4.69, 9.17) is 28.5 Å². The predicted molar refractivity (Wildman–Crippen MR) is 45.7 cm³/mol. The summed E-state index contributed by atoms with van der Waals surface area (Å²) in [5.41, 5.74) is -0.361. The molecular weight excluding hydrogens is 256 g/mol. The summed E-state index contributed by atoms with van der Waals surface area (Å²) in [7, 11) is 0. The van der Waals surface area contributed by atoms with Gasteiger partial charge in [0.2, 0.25) is 0 Å². The smallest absolute Gasteiger partial charge is 0.402 e. The quantitative estimate of drug-likeness (QED) is 0.726. The van der Waals surface area contributed by atoms with Crippen LogP contribution in [0.5, 0.6) is 5.75 Å². The highest BCUT2D eigenvalue weighted by molar-refractivity contribution is 6.36. The van der Waals surface area contributed by atoms with Crippen LogP contribution >= 0.6 is 23.2 Å². The maximum absolute atomic E-state index is 11.8. The Hall–Kier alpha value is -1.19. The van der Waals surface area contributed by atoms with E-state index >= 15 is 0 Å². The van der Waals surface area contributed by atoms with Crippen molar-refractivity contribution in [1.82, 2.24) is 4.98 Å². The molecule has 1 aromatic rings. The van der Waals surface area contributed by atoms with Gasteiger partial charge in [-0.1, -0.05) is 23.2 Å². The topological polar surface area (TPSA) is 45.9 Å². The first-order valence-corrected chi connectivity index (χ1v) is 4.10. The number of ether oxygens (including phenoxy) is 1. The van der Waals surface area contributed by atoms with E-state index in [2.05, 4.69) is 9.72 Å². The summed E-state index contributed by atoms with van der Waals surface area (Å²) in [6.45, 7) is 0. The minimum absolute atomic E-state index is 0.281. The molecule has 0 aliphatic rings. The summed E-state index contributed by atoms with van der Waals surface area (Å²) in [4.78, 5) is 3.33. The molecule has 0 aliphatic carbocycles. The molecule has 0 aliphatic heterocycles. The molecule has 3 nitrogen and oxygen atoms in total. The Balaban J connectivity index is 3.18. The van der Waals surface area contributed by atoms with Crippen molar-refractivity contribution in [2.75, 3.05) is 0 Å². The average Bonchev–Trinajstić information content (AvgIpc) is 2.09. The van der Waals surface area contributed by atoms with Gasteiger partial charge in [0.25, 0.3) is 0 Å².